The van der Waals surface area contributed by atoms with Gasteiger partial charge in [0.25, 0.3) is 5.91 Å². The van der Waals surface area contributed by atoms with E-state index in [-0.39, 0.29) is 23.8 Å². The molecule has 1 fully saturated rings. The molecule has 0 saturated carbocycles. The van der Waals surface area contributed by atoms with Gasteiger partial charge in [0, 0.05) is 32.8 Å². The summed E-state index contributed by atoms with van der Waals surface area (Å²) in [6, 6.07) is 1.89. The van der Waals surface area contributed by atoms with Gasteiger partial charge < -0.3 is 20.1 Å². The molecule has 1 saturated heterocycles. The lowest BCUT2D eigenvalue weighted by Crippen LogP contribution is -2.47. The highest BCUT2D eigenvalue weighted by Gasteiger charge is 2.24. The Bertz CT molecular complexity index is 575. The molecule has 1 aromatic carbocycles. The fraction of sp³-hybridized carbons (Fsp3) is 0.588. The number of methoxy groups -OCH3 is 1. The van der Waals surface area contributed by atoms with Crippen molar-refractivity contribution in [1.29, 1.82) is 0 Å². The fourth-order valence-corrected chi connectivity index (χ4v) is 2.89. The summed E-state index contributed by atoms with van der Waals surface area (Å²) in [5, 5.41) is 12.5. The lowest BCUT2D eigenvalue weighted by Gasteiger charge is -2.33. The second-order valence-electron chi connectivity index (χ2n) is 6.24. The summed E-state index contributed by atoms with van der Waals surface area (Å²) in [5.41, 5.74) is -0.0944. The van der Waals surface area contributed by atoms with Gasteiger partial charge in [0.15, 0.2) is 0 Å². The van der Waals surface area contributed by atoms with E-state index in [1.807, 2.05) is 0 Å². The number of aliphatic hydroxyl groups excluding tert-OH is 1. The van der Waals surface area contributed by atoms with Crippen molar-refractivity contribution in [2.24, 2.45) is 0 Å². The van der Waals surface area contributed by atoms with Crippen molar-refractivity contribution >= 4 is 5.91 Å². The number of hydrogen-bond acceptors (Lipinski definition) is 4. The largest absolute Gasteiger partial charge is 0.389 e. The number of aliphatic hydroxyl groups is 1. The Morgan fingerprint density at radius 1 is 1.38 bits per heavy atom. The predicted molar refractivity (Wildman–Crippen MR) is 85.9 cm³/mol. The first-order valence-electron chi connectivity index (χ1n) is 8.06. The van der Waals surface area contributed by atoms with Gasteiger partial charge in [0.2, 0.25) is 0 Å². The zero-order valence-corrected chi connectivity index (χ0v) is 14.0. The molecule has 7 heteroatoms. The van der Waals surface area contributed by atoms with Gasteiger partial charge >= 0.3 is 0 Å². The highest BCUT2D eigenvalue weighted by atomic mass is 19.1. The average Bonchev–Trinajstić information content (AvgIpc) is 2.53. The summed E-state index contributed by atoms with van der Waals surface area (Å²) < 4.78 is 32.3. The summed E-state index contributed by atoms with van der Waals surface area (Å²) in [5.74, 6) is -1.90. The highest BCUT2D eigenvalue weighted by Crippen LogP contribution is 2.16. The molecular weight excluding hydrogens is 318 g/mol. The van der Waals surface area contributed by atoms with Crippen LogP contribution in [0.15, 0.2) is 12.1 Å². The fourth-order valence-electron chi connectivity index (χ4n) is 2.89. The minimum Gasteiger partial charge on any atom is -0.389 e. The van der Waals surface area contributed by atoms with Crippen molar-refractivity contribution in [1.82, 2.24) is 10.2 Å². The van der Waals surface area contributed by atoms with Crippen LogP contribution in [0.2, 0.25) is 0 Å². The van der Waals surface area contributed by atoms with Gasteiger partial charge in [-0.3, -0.25) is 4.79 Å². The van der Waals surface area contributed by atoms with Crippen LogP contribution in [-0.2, 0) is 4.74 Å². The second-order valence-corrected chi connectivity index (χ2v) is 6.24. The van der Waals surface area contributed by atoms with Crippen LogP contribution in [0.4, 0.5) is 8.78 Å². The van der Waals surface area contributed by atoms with Crippen LogP contribution in [0.3, 0.4) is 0 Å². The van der Waals surface area contributed by atoms with E-state index >= 15 is 0 Å². The molecule has 2 rings (SSSR count). The summed E-state index contributed by atoms with van der Waals surface area (Å²) in [6.07, 6.45) is 0.855. The molecule has 24 heavy (non-hydrogen) atoms. The molecule has 0 radical (unpaired) electrons. The number of piperidine rings is 1. The monoisotopic (exact) mass is 342 g/mol. The number of benzene rings is 1. The Morgan fingerprint density at radius 2 is 2.04 bits per heavy atom. The normalized spacial score (nSPS) is 17.7. The Labute approximate surface area is 140 Å². The molecule has 0 aromatic heterocycles. The van der Waals surface area contributed by atoms with Crippen LogP contribution < -0.4 is 5.32 Å². The first-order chi connectivity index (χ1) is 11.4. The molecule has 1 amide bonds. The van der Waals surface area contributed by atoms with Gasteiger partial charge in [0.1, 0.15) is 11.6 Å². The van der Waals surface area contributed by atoms with E-state index in [0.29, 0.717) is 19.4 Å². The van der Waals surface area contributed by atoms with Crippen LogP contribution >= 0.6 is 0 Å². The van der Waals surface area contributed by atoms with Gasteiger partial charge in [-0.2, -0.15) is 0 Å². The number of ether oxygens (including phenoxy) is 1. The standard InChI is InChI=1S/C17H24F2N2O3/c1-11-7-16(19)14(8-15(11)18)17(23)20-12-3-5-21(6-4-12)9-13(22)10-24-2/h7-8,12-13,22H,3-6,9-10H2,1-2H3,(H,20,23). The molecule has 1 aliphatic rings. The average molecular weight is 342 g/mol. The van der Waals surface area contributed by atoms with E-state index in [1.165, 1.54) is 14.0 Å². The van der Waals surface area contributed by atoms with Crippen molar-refractivity contribution in [2.75, 3.05) is 33.4 Å². The molecular formula is C17H24F2N2O3. The van der Waals surface area contributed by atoms with E-state index in [2.05, 4.69) is 10.2 Å². The lowest BCUT2D eigenvalue weighted by molar-refractivity contribution is 0.0309. The molecule has 1 aliphatic heterocycles. The maximum atomic E-state index is 13.8. The van der Waals surface area contributed by atoms with Crippen LogP contribution in [0.25, 0.3) is 0 Å². The molecule has 0 spiro atoms. The van der Waals surface area contributed by atoms with E-state index in [4.69, 9.17) is 4.74 Å². The Hall–Kier alpha value is -1.57. The molecule has 2 N–H and O–H groups in total. The van der Waals surface area contributed by atoms with Crippen molar-refractivity contribution < 1.29 is 23.4 Å². The molecule has 1 atom stereocenters. The molecule has 1 heterocycles. The zero-order chi connectivity index (χ0) is 17.7. The third kappa shape index (κ3) is 4.96. The predicted octanol–water partition coefficient (Wildman–Crippen LogP) is 1.47. The number of carbonyl (C=O) groups excluding carboxylic acids is 1. The van der Waals surface area contributed by atoms with Crippen LogP contribution in [0, 0.1) is 18.6 Å². The number of halogens is 2. The minimum atomic E-state index is -0.716. The van der Waals surface area contributed by atoms with Crippen molar-refractivity contribution in [2.45, 2.75) is 31.9 Å². The molecule has 1 unspecified atom stereocenters. The number of rotatable bonds is 6. The Kier molecular flexibility index (Phi) is 6.65. The van der Waals surface area contributed by atoms with Gasteiger partial charge in [-0.05, 0) is 37.5 Å². The molecule has 0 bridgehead atoms. The van der Waals surface area contributed by atoms with Gasteiger partial charge in [-0.1, -0.05) is 0 Å². The number of likely N-dealkylation sites (tertiary alicyclic amines) is 1. The molecule has 0 aliphatic carbocycles. The van der Waals surface area contributed by atoms with Gasteiger partial charge in [0.05, 0.1) is 18.3 Å². The third-order valence-electron chi connectivity index (χ3n) is 4.24. The van der Waals surface area contributed by atoms with Gasteiger partial charge in [-0.15, -0.1) is 0 Å². The summed E-state index contributed by atoms with van der Waals surface area (Å²) in [7, 11) is 1.54. The van der Waals surface area contributed by atoms with Crippen molar-refractivity contribution in [3.05, 3.63) is 34.9 Å². The number of aryl methyl sites for hydroxylation is 1. The first kappa shape index (κ1) is 18.8. The third-order valence-corrected chi connectivity index (χ3v) is 4.24. The molecule has 134 valence electrons. The van der Waals surface area contributed by atoms with E-state index in [0.717, 1.165) is 25.2 Å². The molecule has 5 nitrogen and oxygen atoms in total. The first-order valence-corrected chi connectivity index (χ1v) is 8.06. The second kappa shape index (κ2) is 8.50. The number of β-amino-alcohol motifs (C(OH)–C–C–N with tert-alkyl or cyclic N) is 1. The zero-order valence-electron chi connectivity index (χ0n) is 14.0. The number of carbonyl (C=O) groups is 1. The van der Waals surface area contributed by atoms with Crippen molar-refractivity contribution in [3.8, 4) is 0 Å². The topological polar surface area (TPSA) is 61.8 Å². The van der Waals surface area contributed by atoms with Crippen LogP contribution in [0.5, 0.6) is 0 Å². The minimum absolute atomic E-state index is 0.0860. The smallest absolute Gasteiger partial charge is 0.254 e. The SMILES string of the molecule is COCC(O)CN1CCC(NC(=O)c2cc(F)c(C)cc2F)CC1. The van der Waals surface area contributed by atoms with E-state index in [1.54, 1.807) is 0 Å². The molecule has 1 aromatic rings. The maximum Gasteiger partial charge on any atom is 0.254 e. The lowest BCUT2D eigenvalue weighted by atomic mass is 10.0. The Balaban J connectivity index is 1.85. The quantitative estimate of drug-likeness (QED) is 0.822. The Morgan fingerprint density at radius 3 is 2.67 bits per heavy atom. The summed E-state index contributed by atoms with van der Waals surface area (Å²) in [4.78, 5) is 14.2. The number of amides is 1. The van der Waals surface area contributed by atoms with E-state index in [9.17, 15) is 18.7 Å². The van der Waals surface area contributed by atoms with Crippen LogP contribution in [-0.4, -0.2) is 61.4 Å². The number of hydrogen-bond donors (Lipinski definition) is 2. The van der Waals surface area contributed by atoms with Crippen LogP contribution in [0.1, 0.15) is 28.8 Å². The highest BCUT2D eigenvalue weighted by molar-refractivity contribution is 5.94. The summed E-state index contributed by atoms with van der Waals surface area (Å²) >= 11 is 0. The van der Waals surface area contributed by atoms with Crippen molar-refractivity contribution in [3.63, 3.8) is 0 Å². The maximum absolute atomic E-state index is 13.8. The number of nitrogens with one attached hydrogen (secondary N) is 1. The number of nitrogens with zero attached hydrogens (tertiary/aromatic N) is 1. The van der Waals surface area contributed by atoms with E-state index < -0.39 is 23.6 Å². The summed E-state index contributed by atoms with van der Waals surface area (Å²) in [6.45, 7) is 3.70. The van der Waals surface area contributed by atoms with Gasteiger partial charge in [-0.25, -0.2) is 8.78 Å².